The number of aliphatic imine (C=N–C) groups is 1. The van der Waals surface area contributed by atoms with Crippen molar-refractivity contribution < 1.29 is 0 Å². The monoisotopic (exact) mass is 364 g/mol. The van der Waals surface area contributed by atoms with Crippen LogP contribution in [0.1, 0.15) is 62.6 Å². The van der Waals surface area contributed by atoms with Crippen LogP contribution in [0.5, 0.6) is 0 Å². The number of rotatable bonds is 13. The van der Waals surface area contributed by atoms with Crippen LogP contribution in [0.4, 0.5) is 0 Å². The zero-order chi connectivity index (χ0) is 19.2. The number of unbranched alkanes of at least 4 members (excludes halogenated alkanes) is 2. The van der Waals surface area contributed by atoms with Gasteiger partial charge in [0, 0.05) is 6.21 Å². The third kappa shape index (κ3) is 9.01. The molecule has 27 heavy (non-hydrogen) atoms. The Labute approximate surface area is 166 Å². The molecule has 146 valence electrons. The maximum absolute atomic E-state index is 4.54. The second kappa shape index (κ2) is 13.3. The van der Waals surface area contributed by atoms with E-state index in [1.807, 2.05) is 24.4 Å². The zero-order valence-electron chi connectivity index (χ0n) is 17.2. The van der Waals surface area contributed by atoms with Crippen LogP contribution in [0.3, 0.4) is 0 Å². The molecule has 0 aliphatic heterocycles. The lowest BCUT2D eigenvalue weighted by molar-refractivity contribution is 0.268. The number of hydrogen-bond donors (Lipinski definition) is 0. The Morgan fingerprint density at radius 1 is 0.741 bits per heavy atom. The smallest absolute Gasteiger partial charge is 0.0639 e. The fourth-order valence-corrected chi connectivity index (χ4v) is 3.42. The molecule has 2 aromatic rings. The van der Waals surface area contributed by atoms with Gasteiger partial charge in [0.05, 0.1) is 6.54 Å². The van der Waals surface area contributed by atoms with Gasteiger partial charge in [-0.05, 0) is 68.4 Å². The highest BCUT2D eigenvalue weighted by molar-refractivity contribution is 5.79. The molecule has 0 saturated heterocycles. The Morgan fingerprint density at radius 3 is 2.07 bits per heavy atom. The van der Waals surface area contributed by atoms with Crippen LogP contribution in [-0.4, -0.2) is 30.7 Å². The van der Waals surface area contributed by atoms with Crippen molar-refractivity contribution >= 4 is 6.21 Å². The molecule has 0 atom stereocenters. The van der Waals surface area contributed by atoms with E-state index in [2.05, 4.69) is 60.1 Å². The first kappa shape index (κ1) is 21.4. The van der Waals surface area contributed by atoms with Gasteiger partial charge >= 0.3 is 0 Å². The van der Waals surface area contributed by atoms with Crippen molar-refractivity contribution in [1.29, 1.82) is 0 Å². The largest absolute Gasteiger partial charge is 0.303 e. The minimum Gasteiger partial charge on any atom is -0.303 e. The quantitative estimate of drug-likeness (QED) is 0.308. The second-order valence-electron chi connectivity index (χ2n) is 7.35. The lowest BCUT2D eigenvalue weighted by atomic mass is 10.0. The molecule has 0 fully saturated rings. The normalized spacial score (nSPS) is 11.5. The topological polar surface area (TPSA) is 15.6 Å². The van der Waals surface area contributed by atoms with Gasteiger partial charge in [0.2, 0.25) is 0 Å². The molecule has 0 aliphatic carbocycles. The average Bonchev–Trinajstić information content (AvgIpc) is 2.70. The number of nitrogens with zero attached hydrogens (tertiary/aromatic N) is 2. The highest BCUT2D eigenvalue weighted by Gasteiger charge is 2.02. The van der Waals surface area contributed by atoms with Crippen LogP contribution >= 0.6 is 0 Å². The van der Waals surface area contributed by atoms with Crippen LogP contribution in [0, 0.1) is 0 Å². The summed E-state index contributed by atoms with van der Waals surface area (Å²) in [6, 6.07) is 19.3. The highest BCUT2D eigenvalue weighted by Crippen LogP contribution is 2.10. The van der Waals surface area contributed by atoms with Gasteiger partial charge in [-0.3, -0.25) is 4.99 Å². The summed E-state index contributed by atoms with van der Waals surface area (Å²) in [4.78, 5) is 7.16. The van der Waals surface area contributed by atoms with Crippen molar-refractivity contribution in [2.75, 3.05) is 19.6 Å². The fourth-order valence-electron chi connectivity index (χ4n) is 3.42. The molecule has 2 rings (SSSR count). The Kier molecular flexibility index (Phi) is 10.5. The summed E-state index contributed by atoms with van der Waals surface area (Å²) >= 11 is 0. The molecule has 0 spiro atoms. The van der Waals surface area contributed by atoms with E-state index in [-0.39, 0.29) is 0 Å². The standard InChI is InChI=1S/C25H36N2/c1-3-18-27(19-4-2)20-10-6-9-11-23-14-16-25(17-15-23)22-26-21-24-12-7-5-8-13-24/h5,7-8,12-17,21H,3-4,6,9-11,18-20,22H2,1-2H3. The molecule has 0 bridgehead atoms. The highest BCUT2D eigenvalue weighted by atomic mass is 15.1. The van der Waals surface area contributed by atoms with E-state index in [0.29, 0.717) is 0 Å². The Morgan fingerprint density at radius 2 is 1.41 bits per heavy atom. The summed E-state index contributed by atoms with van der Waals surface area (Å²) in [6.07, 6.45) is 9.61. The minimum absolute atomic E-state index is 0.750. The van der Waals surface area contributed by atoms with Gasteiger partial charge in [-0.25, -0.2) is 0 Å². The summed E-state index contributed by atoms with van der Waals surface area (Å²) in [5.74, 6) is 0. The van der Waals surface area contributed by atoms with E-state index in [1.165, 1.54) is 69.3 Å². The van der Waals surface area contributed by atoms with Gasteiger partial charge in [-0.2, -0.15) is 0 Å². The zero-order valence-corrected chi connectivity index (χ0v) is 17.2. The van der Waals surface area contributed by atoms with E-state index >= 15 is 0 Å². The van der Waals surface area contributed by atoms with Crippen molar-refractivity contribution in [2.45, 2.75) is 58.9 Å². The first-order chi connectivity index (χ1) is 13.3. The van der Waals surface area contributed by atoms with E-state index in [1.54, 1.807) is 0 Å². The molecule has 0 heterocycles. The van der Waals surface area contributed by atoms with E-state index < -0.39 is 0 Å². The van der Waals surface area contributed by atoms with E-state index in [4.69, 9.17) is 0 Å². The van der Waals surface area contributed by atoms with Gasteiger partial charge in [0.1, 0.15) is 0 Å². The average molecular weight is 365 g/mol. The maximum Gasteiger partial charge on any atom is 0.0639 e. The number of aryl methyl sites for hydroxylation is 1. The molecule has 2 heteroatoms. The minimum atomic E-state index is 0.750. The molecule has 2 nitrogen and oxygen atoms in total. The molecule has 0 unspecified atom stereocenters. The molecule has 0 aromatic heterocycles. The van der Waals surface area contributed by atoms with Crippen molar-refractivity contribution in [3.05, 3.63) is 71.3 Å². The second-order valence-corrected chi connectivity index (χ2v) is 7.35. The molecule has 0 aliphatic rings. The van der Waals surface area contributed by atoms with Crippen molar-refractivity contribution in [1.82, 2.24) is 4.90 Å². The first-order valence-corrected chi connectivity index (χ1v) is 10.7. The van der Waals surface area contributed by atoms with Crippen LogP contribution in [0.15, 0.2) is 59.6 Å². The van der Waals surface area contributed by atoms with Gasteiger partial charge in [0.25, 0.3) is 0 Å². The summed E-state index contributed by atoms with van der Waals surface area (Å²) in [6.45, 7) is 9.07. The molecular formula is C25H36N2. The van der Waals surface area contributed by atoms with Crippen LogP contribution in [0.25, 0.3) is 0 Å². The van der Waals surface area contributed by atoms with Crippen molar-refractivity contribution in [3.8, 4) is 0 Å². The van der Waals surface area contributed by atoms with Gasteiger partial charge in [0.15, 0.2) is 0 Å². The SMILES string of the molecule is CCCN(CCC)CCCCCc1ccc(CN=Cc2ccccc2)cc1. The van der Waals surface area contributed by atoms with E-state index in [0.717, 1.165) is 12.1 Å². The summed E-state index contributed by atoms with van der Waals surface area (Å²) in [7, 11) is 0. The third-order valence-electron chi connectivity index (χ3n) is 4.86. The van der Waals surface area contributed by atoms with Crippen molar-refractivity contribution in [2.24, 2.45) is 4.99 Å². The maximum atomic E-state index is 4.54. The predicted octanol–water partition coefficient (Wildman–Crippen LogP) is 6.14. The van der Waals surface area contributed by atoms with Crippen LogP contribution < -0.4 is 0 Å². The Balaban J connectivity index is 1.64. The summed E-state index contributed by atoms with van der Waals surface area (Å²) < 4.78 is 0. The van der Waals surface area contributed by atoms with E-state index in [9.17, 15) is 0 Å². The summed E-state index contributed by atoms with van der Waals surface area (Å²) in [5.41, 5.74) is 3.89. The Bertz CT molecular complexity index is 625. The third-order valence-corrected chi connectivity index (χ3v) is 4.86. The molecule has 2 aromatic carbocycles. The van der Waals surface area contributed by atoms with Gasteiger partial charge < -0.3 is 4.90 Å². The first-order valence-electron chi connectivity index (χ1n) is 10.7. The van der Waals surface area contributed by atoms with Gasteiger partial charge in [-0.1, -0.05) is 74.9 Å². The van der Waals surface area contributed by atoms with Crippen molar-refractivity contribution in [3.63, 3.8) is 0 Å². The Hall–Kier alpha value is -1.93. The number of benzene rings is 2. The molecular weight excluding hydrogens is 328 g/mol. The summed E-state index contributed by atoms with van der Waals surface area (Å²) in [5, 5.41) is 0. The number of hydrogen-bond acceptors (Lipinski definition) is 2. The molecule has 0 radical (unpaired) electrons. The lowest BCUT2D eigenvalue weighted by Gasteiger charge is -2.20. The predicted molar refractivity (Wildman–Crippen MR) is 119 cm³/mol. The van der Waals surface area contributed by atoms with Crippen LogP contribution in [-0.2, 0) is 13.0 Å². The van der Waals surface area contributed by atoms with Crippen LogP contribution in [0.2, 0.25) is 0 Å². The lowest BCUT2D eigenvalue weighted by Crippen LogP contribution is -2.26. The molecule has 0 N–H and O–H groups in total. The van der Waals surface area contributed by atoms with Gasteiger partial charge in [-0.15, -0.1) is 0 Å². The molecule has 0 amide bonds. The molecule has 0 saturated carbocycles. The fraction of sp³-hybridized carbons (Fsp3) is 0.480.